The smallest absolute Gasteiger partial charge is 0.349 e. The molecule has 0 fully saturated rings. The highest BCUT2D eigenvalue weighted by atomic mass is 32.2. The van der Waals surface area contributed by atoms with E-state index in [1.54, 1.807) is 49.4 Å². The number of fused-ring (bicyclic) bond motifs is 1. The molecule has 1 aliphatic carbocycles. The number of pyridine rings is 1. The average Bonchev–Trinajstić information content (AvgIpc) is 2.85. The van der Waals surface area contributed by atoms with E-state index in [-0.39, 0.29) is 17.3 Å². The summed E-state index contributed by atoms with van der Waals surface area (Å²) in [6, 6.07) is 9.01. The number of benzene rings is 1. The fourth-order valence-corrected chi connectivity index (χ4v) is 4.79. The van der Waals surface area contributed by atoms with E-state index in [2.05, 4.69) is 15.3 Å². The Kier molecular flexibility index (Phi) is 7.29. The first-order chi connectivity index (χ1) is 16.1. The van der Waals surface area contributed by atoms with Gasteiger partial charge >= 0.3 is 5.69 Å². The van der Waals surface area contributed by atoms with Gasteiger partial charge in [-0.3, -0.25) is 14.3 Å². The lowest BCUT2D eigenvalue weighted by Crippen LogP contribution is -2.30. The molecule has 0 bridgehead atoms. The first-order valence-corrected chi connectivity index (χ1v) is 11.7. The fourth-order valence-electron chi connectivity index (χ4n) is 3.92. The second-order valence-electron chi connectivity index (χ2n) is 7.72. The standard InChI is InChI=1S/C24H26N4O4S/c1-31-18-10-17(11-19(12-18)32-2)26-22(29)15-33-23-20-7-3-4-8-21(20)28(24(30)27-23)14-16-6-5-9-25-13-16/h5-6,9-13H,3-4,7-8,14-15H2,1-2H3,(H,26,29). The topological polar surface area (TPSA) is 95.3 Å². The first kappa shape index (κ1) is 22.8. The lowest BCUT2D eigenvalue weighted by Gasteiger charge is -2.22. The van der Waals surface area contributed by atoms with Crippen LogP contribution in [-0.2, 0) is 24.2 Å². The predicted molar refractivity (Wildman–Crippen MR) is 127 cm³/mol. The number of thioether (sulfide) groups is 1. The summed E-state index contributed by atoms with van der Waals surface area (Å²) in [6.07, 6.45) is 7.24. The number of methoxy groups -OCH3 is 2. The third-order valence-electron chi connectivity index (χ3n) is 5.49. The normalized spacial score (nSPS) is 12.7. The zero-order valence-corrected chi connectivity index (χ0v) is 19.5. The Labute approximate surface area is 196 Å². The second kappa shape index (κ2) is 10.5. The van der Waals surface area contributed by atoms with Crippen LogP contribution in [0, 0.1) is 0 Å². The van der Waals surface area contributed by atoms with E-state index in [4.69, 9.17) is 9.47 Å². The Balaban J connectivity index is 1.51. The van der Waals surface area contributed by atoms with Gasteiger partial charge in [0.15, 0.2) is 0 Å². The Bertz CT molecular complexity index is 1170. The number of ether oxygens (including phenoxy) is 2. The molecule has 33 heavy (non-hydrogen) atoms. The molecule has 0 atom stereocenters. The number of carbonyl (C=O) groups is 1. The maximum Gasteiger partial charge on any atom is 0.349 e. The summed E-state index contributed by atoms with van der Waals surface area (Å²) in [6.45, 7) is 0.450. The largest absolute Gasteiger partial charge is 0.497 e. The SMILES string of the molecule is COc1cc(NC(=O)CSc2nc(=O)n(Cc3cccnc3)c3c2CCCC3)cc(OC)c1. The third kappa shape index (κ3) is 5.54. The van der Waals surface area contributed by atoms with Crippen LogP contribution >= 0.6 is 11.8 Å². The predicted octanol–water partition coefficient (Wildman–Crippen LogP) is 3.31. The van der Waals surface area contributed by atoms with Crippen LogP contribution in [0.1, 0.15) is 29.7 Å². The van der Waals surface area contributed by atoms with Crippen LogP contribution in [-0.4, -0.2) is 40.4 Å². The van der Waals surface area contributed by atoms with Crippen LogP contribution in [0.5, 0.6) is 11.5 Å². The van der Waals surface area contributed by atoms with Gasteiger partial charge in [0.05, 0.1) is 26.5 Å². The summed E-state index contributed by atoms with van der Waals surface area (Å²) in [5.74, 6) is 1.13. The van der Waals surface area contributed by atoms with Crippen molar-refractivity contribution in [1.29, 1.82) is 0 Å². The minimum atomic E-state index is -0.292. The molecular formula is C24H26N4O4S. The van der Waals surface area contributed by atoms with Crippen LogP contribution in [0.25, 0.3) is 0 Å². The first-order valence-electron chi connectivity index (χ1n) is 10.7. The van der Waals surface area contributed by atoms with Crippen molar-refractivity contribution >= 4 is 23.4 Å². The highest BCUT2D eigenvalue weighted by molar-refractivity contribution is 8.00. The third-order valence-corrected chi connectivity index (χ3v) is 6.51. The summed E-state index contributed by atoms with van der Waals surface area (Å²) < 4.78 is 12.2. The van der Waals surface area contributed by atoms with Gasteiger partial charge in [0.25, 0.3) is 0 Å². The zero-order valence-electron chi connectivity index (χ0n) is 18.7. The van der Waals surface area contributed by atoms with Crippen molar-refractivity contribution in [3.05, 3.63) is 70.0 Å². The summed E-state index contributed by atoms with van der Waals surface area (Å²) in [5, 5.41) is 3.51. The zero-order chi connectivity index (χ0) is 23.2. The molecule has 1 amide bonds. The molecule has 2 aromatic heterocycles. The van der Waals surface area contributed by atoms with Gasteiger partial charge in [0, 0.05) is 47.5 Å². The minimum absolute atomic E-state index is 0.144. The number of carbonyl (C=O) groups excluding carboxylic acids is 1. The van der Waals surface area contributed by atoms with Gasteiger partial charge in [-0.2, -0.15) is 4.98 Å². The number of nitrogens with zero attached hydrogens (tertiary/aromatic N) is 3. The van der Waals surface area contributed by atoms with E-state index in [1.165, 1.54) is 11.8 Å². The Morgan fingerprint density at radius 3 is 2.61 bits per heavy atom. The van der Waals surface area contributed by atoms with E-state index in [9.17, 15) is 9.59 Å². The molecule has 1 aromatic carbocycles. The van der Waals surface area contributed by atoms with E-state index in [0.29, 0.717) is 28.8 Å². The molecule has 3 aromatic rings. The molecule has 4 rings (SSSR count). The van der Waals surface area contributed by atoms with E-state index in [1.807, 2.05) is 12.1 Å². The molecule has 1 aliphatic rings. The van der Waals surface area contributed by atoms with Crippen LogP contribution < -0.4 is 20.5 Å². The Hall–Kier alpha value is -3.33. The molecule has 0 spiro atoms. The summed E-state index contributed by atoms with van der Waals surface area (Å²) >= 11 is 1.30. The molecule has 172 valence electrons. The highest BCUT2D eigenvalue weighted by Gasteiger charge is 2.21. The molecule has 0 saturated heterocycles. The fraction of sp³-hybridized carbons (Fsp3) is 0.333. The summed E-state index contributed by atoms with van der Waals surface area (Å²) in [4.78, 5) is 34.0. The Morgan fingerprint density at radius 1 is 1.15 bits per heavy atom. The Morgan fingerprint density at radius 2 is 1.91 bits per heavy atom. The molecule has 0 radical (unpaired) electrons. The van der Waals surface area contributed by atoms with Gasteiger partial charge in [0.1, 0.15) is 16.5 Å². The highest BCUT2D eigenvalue weighted by Crippen LogP contribution is 2.29. The number of rotatable bonds is 8. The molecule has 9 heteroatoms. The molecule has 2 heterocycles. The average molecular weight is 467 g/mol. The lowest BCUT2D eigenvalue weighted by molar-refractivity contribution is -0.113. The summed E-state index contributed by atoms with van der Waals surface area (Å²) in [5.41, 5.74) is 3.34. The van der Waals surface area contributed by atoms with Crippen LogP contribution in [0.4, 0.5) is 5.69 Å². The minimum Gasteiger partial charge on any atom is -0.497 e. The van der Waals surface area contributed by atoms with Gasteiger partial charge in [-0.15, -0.1) is 0 Å². The van der Waals surface area contributed by atoms with Gasteiger partial charge in [-0.1, -0.05) is 17.8 Å². The van der Waals surface area contributed by atoms with Crippen LogP contribution in [0.15, 0.2) is 52.5 Å². The van der Waals surface area contributed by atoms with E-state index in [0.717, 1.165) is 42.5 Å². The van der Waals surface area contributed by atoms with Crippen LogP contribution in [0.2, 0.25) is 0 Å². The number of anilines is 1. The molecular weight excluding hydrogens is 440 g/mol. The van der Waals surface area contributed by atoms with Gasteiger partial charge in [-0.25, -0.2) is 4.79 Å². The number of hydrogen-bond donors (Lipinski definition) is 1. The van der Waals surface area contributed by atoms with Crippen molar-refractivity contribution in [1.82, 2.24) is 14.5 Å². The van der Waals surface area contributed by atoms with Crippen molar-refractivity contribution in [3.63, 3.8) is 0 Å². The monoisotopic (exact) mass is 466 g/mol. The van der Waals surface area contributed by atoms with Crippen molar-refractivity contribution in [2.75, 3.05) is 25.3 Å². The molecule has 8 nitrogen and oxygen atoms in total. The van der Waals surface area contributed by atoms with E-state index >= 15 is 0 Å². The van der Waals surface area contributed by atoms with Crippen LogP contribution in [0.3, 0.4) is 0 Å². The van der Waals surface area contributed by atoms with Crippen molar-refractivity contribution in [2.24, 2.45) is 0 Å². The second-order valence-corrected chi connectivity index (χ2v) is 8.68. The van der Waals surface area contributed by atoms with E-state index < -0.39 is 0 Å². The summed E-state index contributed by atoms with van der Waals surface area (Å²) in [7, 11) is 3.11. The quantitative estimate of drug-likeness (QED) is 0.402. The van der Waals surface area contributed by atoms with Gasteiger partial charge in [0.2, 0.25) is 5.91 Å². The van der Waals surface area contributed by atoms with Crippen molar-refractivity contribution < 1.29 is 14.3 Å². The molecule has 1 N–H and O–H groups in total. The maximum absolute atomic E-state index is 12.9. The molecule has 0 aliphatic heterocycles. The van der Waals surface area contributed by atoms with Crippen molar-refractivity contribution in [2.45, 2.75) is 37.3 Å². The maximum atomic E-state index is 12.9. The number of hydrogen-bond acceptors (Lipinski definition) is 7. The lowest BCUT2D eigenvalue weighted by atomic mass is 9.97. The molecule has 0 unspecified atom stereocenters. The number of amides is 1. The number of aromatic nitrogens is 3. The van der Waals surface area contributed by atoms with Gasteiger partial charge in [-0.05, 0) is 37.3 Å². The number of nitrogens with one attached hydrogen (secondary N) is 1. The van der Waals surface area contributed by atoms with Gasteiger partial charge < -0.3 is 14.8 Å². The van der Waals surface area contributed by atoms with Crippen molar-refractivity contribution in [3.8, 4) is 11.5 Å². The molecule has 0 saturated carbocycles.